The van der Waals surface area contributed by atoms with Crippen LogP contribution >= 0.6 is 0 Å². The third kappa shape index (κ3) is 4.81. The van der Waals surface area contributed by atoms with Gasteiger partial charge in [-0.15, -0.1) is 0 Å². The predicted octanol–water partition coefficient (Wildman–Crippen LogP) is 1.45. The van der Waals surface area contributed by atoms with E-state index in [1.807, 2.05) is 0 Å². The van der Waals surface area contributed by atoms with Gasteiger partial charge in [-0.3, -0.25) is 0 Å². The first-order valence-electron chi connectivity index (χ1n) is 6.38. The maximum absolute atomic E-state index is 3.71. The first-order chi connectivity index (χ1) is 7.20. The first-order valence-corrected chi connectivity index (χ1v) is 6.38. The highest BCUT2D eigenvalue weighted by Crippen LogP contribution is 2.28. The molecule has 0 saturated carbocycles. The number of piperidine rings is 1. The van der Waals surface area contributed by atoms with E-state index in [-0.39, 0.29) is 11.1 Å². The lowest BCUT2D eigenvalue weighted by atomic mass is 9.79. The summed E-state index contributed by atoms with van der Waals surface area (Å²) < 4.78 is 0. The molecule has 0 aromatic carbocycles. The van der Waals surface area contributed by atoms with Crippen molar-refractivity contribution in [2.24, 2.45) is 0 Å². The molecule has 3 heteroatoms. The lowest BCUT2D eigenvalue weighted by Crippen LogP contribution is -2.61. The summed E-state index contributed by atoms with van der Waals surface area (Å²) in [4.78, 5) is 2.23. The van der Waals surface area contributed by atoms with E-state index in [0.29, 0.717) is 6.04 Å². The Morgan fingerprint density at radius 3 is 2.06 bits per heavy atom. The van der Waals surface area contributed by atoms with Crippen LogP contribution in [0.3, 0.4) is 0 Å². The molecule has 1 fully saturated rings. The van der Waals surface area contributed by atoms with Crippen LogP contribution in [-0.4, -0.2) is 49.2 Å². The van der Waals surface area contributed by atoms with Crippen molar-refractivity contribution >= 4 is 0 Å². The SMILES string of the molecule is CN(C)CCNC1CC(C)(C)NC(C)(C)C1. The molecule has 1 heterocycles. The summed E-state index contributed by atoms with van der Waals surface area (Å²) in [5, 5.41) is 7.39. The normalized spacial score (nSPS) is 24.9. The number of rotatable bonds is 4. The van der Waals surface area contributed by atoms with Crippen LogP contribution < -0.4 is 10.6 Å². The van der Waals surface area contributed by atoms with Crippen molar-refractivity contribution in [2.75, 3.05) is 27.2 Å². The molecule has 1 saturated heterocycles. The second-order valence-corrected chi connectivity index (χ2v) is 6.76. The minimum atomic E-state index is 0.248. The Hall–Kier alpha value is -0.120. The first kappa shape index (κ1) is 13.9. The lowest BCUT2D eigenvalue weighted by Gasteiger charge is -2.46. The molecule has 0 atom stereocenters. The van der Waals surface area contributed by atoms with Crippen molar-refractivity contribution in [3.8, 4) is 0 Å². The van der Waals surface area contributed by atoms with Gasteiger partial charge in [0.25, 0.3) is 0 Å². The second-order valence-electron chi connectivity index (χ2n) is 6.76. The second kappa shape index (κ2) is 5.03. The predicted molar refractivity (Wildman–Crippen MR) is 70.9 cm³/mol. The molecule has 0 unspecified atom stereocenters. The molecule has 2 N–H and O–H groups in total. The van der Waals surface area contributed by atoms with Gasteiger partial charge in [-0.1, -0.05) is 0 Å². The van der Waals surface area contributed by atoms with Gasteiger partial charge in [0.1, 0.15) is 0 Å². The van der Waals surface area contributed by atoms with Crippen LogP contribution in [0.15, 0.2) is 0 Å². The van der Waals surface area contributed by atoms with Crippen LogP contribution in [0, 0.1) is 0 Å². The van der Waals surface area contributed by atoms with Crippen LogP contribution in [0.4, 0.5) is 0 Å². The summed E-state index contributed by atoms with van der Waals surface area (Å²) in [6.07, 6.45) is 2.42. The summed E-state index contributed by atoms with van der Waals surface area (Å²) in [5.41, 5.74) is 0.495. The molecular formula is C13H29N3. The van der Waals surface area contributed by atoms with E-state index < -0.39 is 0 Å². The van der Waals surface area contributed by atoms with E-state index in [1.54, 1.807) is 0 Å². The fourth-order valence-electron chi connectivity index (χ4n) is 2.96. The lowest BCUT2D eigenvalue weighted by molar-refractivity contribution is 0.145. The molecule has 0 aromatic rings. The zero-order valence-electron chi connectivity index (χ0n) is 11.9. The van der Waals surface area contributed by atoms with E-state index in [4.69, 9.17) is 0 Å². The zero-order chi connectivity index (χ0) is 12.4. The van der Waals surface area contributed by atoms with Gasteiger partial charge in [0.15, 0.2) is 0 Å². The van der Waals surface area contributed by atoms with E-state index in [2.05, 4.69) is 57.3 Å². The van der Waals surface area contributed by atoms with Gasteiger partial charge in [-0.2, -0.15) is 0 Å². The Morgan fingerprint density at radius 2 is 1.62 bits per heavy atom. The van der Waals surface area contributed by atoms with E-state index >= 15 is 0 Å². The number of likely N-dealkylation sites (N-methyl/N-ethyl adjacent to an activating group) is 1. The van der Waals surface area contributed by atoms with Crippen molar-refractivity contribution in [1.29, 1.82) is 0 Å². The van der Waals surface area contributed by atoms with Crippen LogP contribution in [0.5, 0.6) is 0 Å². The smallest absolute Gasteiger partial charge is 0.0144 e. The zero-order valence-corrected chi connectivity index (χ0v) is 11.9. The summed E-state index contributed by atoms with van der Waals surface area (Å²) in [7, 11) is 4.25. The largest absolute Gasteiger partial charge is 0.313 e. The van der Waals surface area contributed by atoms with Gasteiger partial charge in [0.2, 0.25) is 0 Å². The molecule has 16 heavy (non-hydrogen) atoms. The third-order valence-corrected chi connectivity index (χ3v) is 3.18. The molecule has 0 aliphatic carbocycles. The molecule has 1 aliphatic rings. The third-order valence-electron chi connectivity index (χ3n) is 3.18. The standard InChI is InChI=1S/C13H29N3/c1-12(2)9-11(10-13(3,4)15-12)14-7-8-16(5)6/h11,14-15H,7-10H2,1-6H3. The number of nitrogens with one attached hydrogen (secondary N) is 2. The molecule has 96 valence electrons. The van der Waals surface area contributed by atoms with Crippen LogP contribution in [0.25, 0.3) is 0 Å². The molecular weight excluding hydrogens is 198 g/mol. The van der Waals surface area contributed by atoms with Gasteiger partial charge < -0.3 is 15.5 Å². The highest BCUT2D eigenvalue weighted by molar-refractivity contribution is 4.99. The Balaban J connectivity index is 2.42. The average molecular weight is 227 g/mol. The number of nitrogens with zero attached hydrogens (tertiary/aromatic N) is 1. The summed E-state index contributed by atoms with van der Waals surface area (Å²) >= 11 is 0. The highest BCUT2D eigenvalue weighted by atomic mass is 15.1. The Morgan fingerprint density at radius 1 is 1.12 bits per heavy atom. The molecule has 1 rings (SSSR count). The quantitative estimate of drug-likeness (QED) is 0.761. The van der Waals surface area contributed by atoms with Gasteiger partial charge in [-0.05, 0) is 54.6 Å². The Labute approximate surface area is 101 Å². The van der Waals surface area contributed by atoms with E-state index in [1.165, 1.54) is 12.8 Å². The summed E-state index contributed by atoms with van der Waals surface area (Å²) in [5.74, 6) is 0. The molecule has 0 amide bonds. The van der Waals surface area contributed by atoms with Crippen LogP contribution in [-0.2, 0) is 0 Å². The van der Waals surface area contributed by atoms with Gasteiger partial charge in [-0.25, -0.2) is 0 Å². The average Bonchev–Trinajstić information content (AvgIpc) is 1.96. The minimum Gasteiger partial charge on any atom is -0.313 e. The minimum absolute atomic E-state index is 0.248. The van der Waals surface area contributed by atoms with Crippen LogP contribution in [0.2, 0.25) is 0 Å². The van der Waals surface area contributed by atoms with Gasteiger partial charge >= 0.3 is 0 Å². The maximum Gasteiger partial charge on any atom is 0.0144 e. The fourth-order valence-corrected chi connectivity index (χ4v) is 2.96. The van der Waals surface area contributed by atoms with E-state index in [0.717, 1.165) is 13.1 Å². The van der Waals surface area contributed by atoms with Crippen LogP contribution in [0.1, 0.15) is 40.5 Å². The fraction of sp³-hybridized carbons (Fsp3) is 1.00. The van der Waals surface area contributed by atoms with Crippen molar-refractivity contribution in [2.45, 2.75) is 57.7 Å². The van der Waals surface area contributed by atoms with Crippen molar-refractivity contribution in [3.05, 3.63) is 0 Å². The number of hydrogen-bond acceptors (Lipinski definition) is 3. The highest BCUT2D eigenvalue weighted by Gasteiger charge is 2.37. The maximum atomic E-state index is 3.71. The molecule has 0 spiro atoms. The molecule has 3 nitrogen and oxygen atoms in total. The van der Waals surface area contributed by atoms with Crippen molar-refractivity contribution in [1.82, 2.24) is 15.5 Å². The topological polar surface area (TPSA) is 27.3 Å². The van der Waals surface area contributed by atoms with Gasteiger partial charge in [0.05, 0.1) is 0 Å². The Bertz CT molecular complexity index is 205. The van der Waals surface area contributed by atoms with Gasteiger partial charge in [0, 0.05) is 30.2 Å². The number of hydrogen-bond donors (Lipinski definition) is 2. The Kier molecular flexibility index (Phi) is 4.38. The van der Waals surface area contributed by atoms with E-state index in [9.17, 15) is 0 Å². The van der Waals surface area contributed by atoms with Crippen molar-refractivity contribution in [3.63, 3.8) is 0 Å². The molecule has 0 aromatic heterocycles. The summed E-state index contributed by atoms with van der Waals surface area (Å²) in [6, 6.07) is 0.645. The molecule has 0 radical (unpaired) electrons. The molecule has 1 aliphatic heterocycles. The molecule has 0 bridgehead atoms. The van der Waals surface area contributed by atoms with Crippen molar-refractivity contribution < 1.29 is 0 Å². The summed E-state index contributed by atoms with van der Waals surface area (Å²) in [6.45, 7) is 11.4. The monoisotopic (exact) mass is 227 g/mol.